The minimum atomic E-state index is -0.0389. The van der Waals surface area contributed by atoms with Gasteiger partial charge in [-0.05, 0) is 61.4 Å². The first kappa shape index (κ1) is 21.5. The summed E-state index contributed by atoms with van der Waals surface area (Å²) in [7, 11) is 0. The van der Waals surface area contributed by atoms with Crippen LogP contribution in [0.2, 0.25) is 0 Å². The van der Waals surface area contributed by atoms with Crippen molar-refractivity contribution in [2.45, 2.75) is 18.9 Å². The number of para-hydroxylation sites is 1. The Morgan fingerprint density at radius 3 is 2.68 bits per heavy atom. The van der Waals surface area contributed by atoms with Crippen LogP contribution in [-0.2, 0) is 4.79 Å². The number of benzene rings is 2. The molecule has 34 heavy (non-hydrogen) atoms. The number of aromatic nitrogens is 3. The molecule has 0 saturated carbocycles. The van der Waals surface area contributed by atoms with E-state index in [9.17, 15) is 4.79 Å². The van der Waals surface area contributed by atoms with E-state index in [0.29, 0.717) is 12.5 Å². The molecule has 0 radical (unpaired) electrons. The van der Waals surface area contributed by atoms with Crippen LogP contribution in [0.5, 0.6) is 11.5 Å². The maximum atomic E-state index is 12.1. The van der Waals surface area contributed by atoms with Crippen LogP contribution in [0.1, 0.15) is 12.8 Å². The molecule has 5 rings (SSSR count). The largest absolute Gasteiger partial charge is 0.457 e. The molecule has 2 aromatic heterocycles. The summed E-state index contributed by atoms with van der Waals surface area (Å²) >= 11 is 0. The van der Waals surface area contributed by atoms with E-state index in [2.05, 4.69) is 27.2 Å². The Morgan fingerprint density at radius 2 is 1.88 bits per heavy atom. The fourth-order valence-electron chi connectivity index (χ4n) is 4.08. The molecule has 1 saturated heterocycles. The lowest BCUT2D eigenvalue weighted by Crippen LogP contribution is -2.44. The molecule has 1 fully saturated rings. The van der Waals surface area contributed by atoms with Crippen LogP contribution in [0.3, 0.4) is 0 Å². The van der Waals surface area contributed by atoms with E-state index < -0.39 is 0 Å². The van der Waals surface area contributed by atoms with E-state index in [1.807, 2.05) is 71.8 Å². The standard InChI is InChI=1S/C26H26N6O2/c1-2-23(33)32-16-6-7-19(17-32)28-25-22-14-15-27-24(22)30-26(31-25)29-18-10-12-21(13-11-18)34-20-8-4-3-5-9-20/h2-5,8-15,19H,1,6-7,16-17H2,(H3,27,28,29,30,31)/t19-/m1/s1. The van der Waals surface area contributed by atoms with Gasteiger partial charge in [0.05, 0.1) is 5.39 Å². The monoisotopic (exact) mass is 454 g/mol. The van der Waals surface area contributed by atoms with Crippen molar-refractivity contribution >= 4 is 34.4 Å². The van der Waals surface area contributed by atoms with Crippen molar-refractivity contribution in [2.75, 3.05) is 23.7 Å². The van der Waals surface area contributed by atoms with Gasteiger partial charge in [-0.1, -0.05) is 24.8 Å². The molecule has 8 nitrogen and oxygen atoms in total. The summed E-state index contributed by atoms with van der Waals surface area (Å²) < 4.78 is 5.86. The number of aromatic amines is 1. The zero-order chi connectivity index (χ0) is 23.3. The molecule has 2 aromatic carbocycles. The number of nitrogens with one attached hydrogen (secondary N) is 3. The maximum absolute atomic E-state index is 12.1. The number of hydrogen-bond acceptors (Lipinski definition) is 6. The van der Waals surface area contributed by atoms with Gasteiger partial charge in [0.2, 0.25) is 11.9 Å². The first-order valence-electron chi connectivity index (χ1n) is 11.3. The molecular formula is C26H26N6O2. The number of rotatable bonds is 7. The first-order valence-corrected chi connectivity index (χ1v) is 11.3. The molecule has 1 aliphatic heterocycles. The quantitative estimate of drug-likeness (QED) is 0.337. The smallest absolute Gasteiger partial charge is 0.246 e. The second-order valence-corrected chi connectivity index (χ2v) is 8.17. The van der Waals surface area contributed by atoms with Crippen LogP contribution in [0.25, 0.3) is 11.0 Å². The molecule has 0 aliphatic carbocycles. The highest BCUT2D eigenvalue weighted by Gasteiger charge is 2.23. The lowest BCUT2D eigenvalue weighted by molar-refractivity contribution is -0.127. The summed E-state index contributed by atoms with van der Waals surface area (Å²) in [6, 6.07) is 19.4. The van der Waals surface area contributed by atoms with Crippen molar-refractivity contribution in [1.29, 1.82) is 0 Å². The minimum Gasteiger partial charge on any atom is -0.457 e. The van der Waals surface area contributed by atoms with E-state index in [1.54, 1.807) is 0 Å². The number of H-pyrrole nitrogens is 1. The average Bonchev–Trinajstić information content (AvgIpc) is 3.35. The van der Waals surface area contributed by atoms with Crippen LogP contribution in [0.4, 0.5) is 17.5 Å². The first-order chi connectivity index (χ1) is 16.7. The fourth-order valence-corrected chi connectivity index (χ4v) is 4.08. The molecule has 0 unspecified atom stereocenters. The Morgan fingerprint density at radius 1 is 1.09 bits per heavy atom. The zero-order valence-electron chi connectivity index (χ0n) is 18.7. The Labute approximate surface area is 197 Å². The van der Waals surface area contributed by atoms with Crippen molar-refractivity contribution in [3.05, 3.63) is 79.5 Å². The summed E-state index contributed by atoms with van der Waals surface area (Å²) in [6.45, 7) is 4.97. The lowest BCUT2D eigenvalue weighted by atomic mass is 10.1. The summed E-state index contributed by atoms with van der Waals surface area (Å²) in [4.78, 5) is 26.4. The fraction of sp³-hybridized carbons (Fsp3) is 0.192. The molecule has 1 atom stereocenters. The van der Waals surface area contributed by atoms with Gasteiger partial charge < -0.3 is 25.3 Å². The van der Waals surface area contributed by atoms with Crippen molar-refractivity contribution < 1.29 is 9.53 Å². The number of nitrogens with zero attached hydrogens (tertiary/aromatic N) is 3. The number of amides is 1. The third kappa shape index (κ3) is 4.85. The number of carbonyl (C=O) groups is 1. The van der Waals surface area contributed by atoms with Gasteiger partial charge in [0.25, 0.3) is 0 Å². The van der Waals surface area contributed by atoms with Crippen molar-refractivity contribution in [3.63, 3.8) is 0 Å². The number of fused-ring (bicyclic) bond motifs is 1. The minimum absolute atomic E-state index is 0.0389. The van der Waals surface area contributed by atoms with Crippen LogP contribution in [0.15, 0.2) is 79.5 Å². The number of carbonyl (C=O) groups excluding carboxylic acids is 1. The van der Waals surface area contributed by atoms with Crippen LogP contribution in [0, 0.1) is 0 Å². The summed E-state index contributed by atoms with van der Waals surface area (Å²) in [5, 5.41) is 7.70. The Bertz CT molecular complexity index is 1290. The second kappa shape index (κ2) is 9.66. The highest BCUT2D eigenvalue weighted by molar-refractivity contribution is 5.89. The number of likely N-dealkylation sites (tertiary alicyclic amines) is 1. The molecule has 3 heterocycles. The van der Waals surface area contributed by atoms with Gasteiger partial charge in [-0.3, -0.25) is 4.79 Å². The molecule has 1 aliphatic rings. The molecule has 0 bridgehead atoms. The number of anilines is 3. The van der Waals surface area contributed by atoms with Gasteiger partial charge >= 0.3 is 0 Å². The third-order valence-corrected chi connectivity index (χ3v) is 5.75. The van der Waals surface area contributed by atoms with Crippen LogP contribution < -0.4 is 15.4 Å². The van der Waals surface area contributed by atoms with Gasteiger partial charge in [-0.25, -0.2) is 0 Å². The van der Waals surface area contributed by atoms with Crippen molar-refractivity contribution in [2.24, 2.45) is 0 Å². The van der Waals surface area contributed by atoms with Gasteiger partial charge in [-0.15, -0.1) is 0 Å². The molecule has 4 aromatic rings. The predicted molar refractivity (Wildman–Crippen MR) is 134 cm³/mol. The van der Waals surface area contributed by atoms with E-state index in [-0.39, 0.29) is 11.9 Å². The van der Waals surface area contributed by atoms with E-state index >= 15 is 0 Å². The predicted octanol–water partition coefficient (Wildman–Crippen LogP) is 5.08. The number of ether oxygens (including phenoxy) is 1. The molecule has 3 N–H and O–H groups in total. The highest BCUT2D eigenvalue weighted by Crippen LogP contribution is 2.27. The van der Waals surface area contributed by atoms with Gasteiger partial charge in [0.1, 0.15) is 23.0 Å². The van der Waals surface area contributed by atoms with E-state index in [4.69, 9.17) is 9.72 Å². The summed E-state index contributed by atoms with van der Waals surface area (Å²) in [5.41, 5.74) is 1.58. The van der Waals surface area contributed by atoms with Crippen LogP contribution >= 0.6 is 0 Å². The van der Waals surface area contributed by atoms with Gasteiger partial charge in [-0.2, -0.15) is 9.97 Å². The van der Waals surface area contributed by atoms with Gasteiger partial charge in [0.15, 0.2) is 0 Å². The number of hydrogen-bond donors (Lipinski definition) is 3. The summed E-state index contributed by atoms with van der Waals surface area (Å²) in [5.74, 6) is 2.70. The highest BCUT2D eigenvalue weighted by atomic mass is 16.5. The number of piperidine rings is 1. The zero-order valence-corrected chi connectivity index (χ0v) is 18.7. The van der Waals surface area contributed by atoms with Gasteiger partial charge in [0, 0.05) is 31.0 Å². The molecule has 172 valence electrons. The normalized spacial score (nSPS) is 15.6. The molecular weight excluding hydrogens is 428 g/mol. The van der Waals surface area contributed by atoms with E-state index in [0.717, 1.165) is 53.4 Å². The molecule has 0 spiro atoms. The van der Waals surface area contributed by atoms with E-state index in [1.165, 1.54) is 6.08 Å². The topological polar surface area (TPSA) is 95.2 Å². The molecule has 8 heteroatoms. The Hall–Kier alpha value is -4.33. The third-order valence-electron chi connectivity index (χ3n) is 5.75. The SMILES string of the molecule is C=CC(=O)N1CCC[C@@H](Nc2nc(Nc3ccc(Oc4ccccc4)cc3)nc3[nH]ccc23)C1. The Kier molecular flexibility index (Phi) is 6.11. The molecule has 1 amide bonds. The van der Waals surface area contributed by atoms with Crippen LogP contribution in [-0.4, -0.2) is 44.9 Å². The van der Waals surface area contributed by atoms with Crippen molar-refractivity contribution in [3.8, 4) is 11.5 Å². The Balaban J connectivity index is 1.31. The lowest BCUT2D eigenvalue weighted by Gasteiger charge is -2.33. The second-order valence-electron chi connectivity index (χ2n) is 8.17. The summed E-state index contributed by atoms with van der Waals surface area (Å²) in [6.07, 6.45) is 5.11. The maximum Gasteiger partial charge on any atom is 0.246 e. The van der Waals surface area contributed by atoms with Crippen molar-refractivity contribution in [1.82, 2.24) is 19.9 Å². The average molecular weight is 455 g/mol.